The number of carbonyl (C=O) groups excluding carboxylic acids is 1. The van der Waals surface area contributed by atoms with Gasteiger partial charge in [-0.15, -0.1) is 0 Å². The van der Waals surface area contributed by atoms with Crippen molar-refractivity contribution in [1.82, 2.24) is 0 Å². The Balaban J connectivity index is 2.00. The van der Waals surface area contributed by atoms with Gasteiger partial charge in [0, 0.05) is 17.8 Å². The quantitative estimate of drug-likeness (QED) is 0.780. The highest BCUT2D eigenvalue weighted by Crippen LogP contribution is 2.22. The maximum Gasteiger partial charge on any atom is 0.221 e. The summed E-state index contributed by atoms with van der Waals surface area (Å²) in [5.41, 5.74) is 8.68. The smallest absolute Gasteiger partial charge is 0.221 e. The van der Waals surface area contributed by atoms with Crippen LogP contribution in [0, 0.1) is 6.92 Å². The van der Waals surface area contributed by atoms with Gasteiger partial charge >= 0.3 is 0 Å². The van der Waals surface area contributed by atoms with E-state index in [0.29, 0.717) is 12.3 Å². The van der Waals surface area contributed by atoms with Crippen LogP contribution in [0.25, 0.3) is 0 Å². The van der Waals surface area contributed by atoms with Crippen molar-refractivity contribution in [3.63, 3.8) is 0 Å². The second-order valence-corrected chi connectivity index (χ2v) is 4.78. The molecule has 2 aromatic carbocycles. The average molecular weight is 270 g/mol. The lowest BCUT2D eigenvalue weighted by molar-refractivity contribution is -0.117. The number of phenols is 1. The van der Waals surface area contributed by atoms with Gasteiger partial charge in [0.15, 0.2) is 0 Å². The van der Waals surface area contributed by atoms with Crippen LogP contribution in [0.15, 0.2) is 42.5 Å². The first-order valence-corrected chi connectivity index (χ1v) is 6.45. The molecule has 0 aromatic heterocycles. The fourth-order valence-electron chi connectivity index (χ4n) is 2.00. The van der Waals surface area contributed by atoms with E-state index in [1.165, 1.54) is 0 Å². The number of primary amides is 1. The average Bonchev–Trinajstić information content (AvgIpc) is 2.41. The van der Waals surface area contributed by atoms with Crippen LogP contribution in [0.3, 0.4) is 0 Å². The number of benzene rings is 2. The van der Waals surface area contributed by atoms with Crippen LogP contribution in [-0.4, -0.2) is 11.0 Å². The predicted octanol–water partition coefficient (Wildman–Crippen LogP) is 2.34. The summed E-state index contributed by atoms with van der Waals surface area (Å²) in [4.78, 5) is 10.8. The number of phenolic OH excluding ortho intramolecular Hbond substituents is 1. The first-order chi connectivity index (χ1) is 9.56. The van der Waals surface area contributed by atoms with E-state index in [0.717, 1.165) is 22.4 Å². The number of nitrogens with one attached hydrogen (secondary N) is 1. The zero-order chi connectivity index (χ0) is 14.5. The molecule has 0 unspecified atom stereocenters. The summed E-state index contributed by atoms with van der Waals surface area (Å²) < 4.78 is 0. The minimum absolute atomic E-state index is 0.249. The summed E-state index contributed by atoms with van der Waals surface area (Å²) in [6, 6.07) is 13.2. The number of hydrogen-bond donors (Lipinski definition) is 3. The lowest BCUT2D eigenvalue weighted by Gasteiger charge is -2.10. The second kappa shape index (κ2) is 6.10. The molecule has 0 aliphatic rings. The van der Waals surface area contributed by atoms with E-state index in [4.69, 9.17) is 5.73 Å². The molecule has 0 atom stereocenters. The lowest BCUT2D eigenvalue weighted by Crippen LogP contribution is -2.13. The molecule has 0 bridgehead atoms. The number of carbonyl (C=O) groups is 1. The lowest BCUT2D eigenvalue weighted by atomic mass is 10.1. The number of nitrogens with two attached hydrogens (primary N) is 1. The maximum absolute atomic E-state index is 10.8. The molecular formula is C16H18N2O2. The number of amides is 1. The normalized spacial score (nSPS) is 10.2. The highest BCUT2D eigenvalue weighted by atomic mass is 16.3. The summed E-state index contributed by atoms with van der Waals surface area (Å²) >= 11 is 0. The molecule has 2 rings (SSSR count). The van der Waals surface area contributed by atoms with Crippen molar-refractivity contribution >= 4 is 11.6 Å². The molecule has 0 saturated carbocycles. The third kappa shape index (κ3) is 3.51. The van der Waals surface area contributed by atoms with Crippen LogP contribution in [-0.2, 0) is 17.8 Å². The molecule has 0 aliphatic carbocycles. The van der Waals surface area contributed by atoms with Crippen LogP contribution in [0.4, 0.5) is 5.69 Å². The highest BCUT2D eigenvalue weighted by molar-refractivity contribution is 5.76. The van der Waals surface area contributed by atoms with Crippen LogP contribution in [0.1, 0.15) is 16.7 Å². The number of hydrogen-bond acceptors (Lipinski definition) is 3. The summed E-state index contributed by atoms with van der Waals surface area (Å²) in [5, 5.41) is 13.2. The van der Waals surface area contributed by atoms with E-state index in [2.05, 4.69) is 5.32 Å². The first-order valence-electron chi connectivity index (χ1n) is 6.45. The Hall–Kier alpha value is -2.49. The Morgan fingerprint density at radius 3 is 2.55 bits per heavy atom. The van der Waals surface area contributed by atoms with Crippen molar-refractivity contribution in [3.8, 4) is 5.75 Å². The van der Waals surface area contributed by atoms with Gasteiger partial charge in [-0.2, -0.15) is 0 Å². The topological polar surface area (TPSA) is 75.3 Å². The fraction of sp³-hybridized carbons (Fsp3) is 0.188. The van der Waals surface area contributed by atoms with Crippen molar-refractivity contribution in [1.29, 1.82) is 0 Å². The van der Waals surface area contributed by atoms with E-state index >= 15 is 0 Å². The third-order valence-corrected chi connectivity index (χ3v) is 3.14. The van der Waals surface area contributed by atoms with E-state index in [1.807, 2.05) is 49.4 Å². The fourth-order valence-corrected chi connectivity index (χ4v) is 2.00. The minimum Gasteiger partial charge on any atom is -0.507 e. The summed E-state index contributed by atoms with van der Waals surface area (Å²) in [5.74, 6) is -0.0132. The van der Waals surface area contributed by atoms with E-state index in [-0.39, 0.29) is 12.3 Å². The van der Waals surface area contributed by atoms with Gasteiger partial charge in [-0.05, 0) is 30.2 Å². The van der Waals surface area contributed by atoms with Gasteiger partial charge < -0.3 is 16.2 Å². The SMILES string of the molecule is Cc1cccc(CNc2ccc(CC(N)=O)cc2)c1O. The molecule has 4 nitrogen and oxygen atoms in total. The van der Waals surface area contributed by atoms with Crippen LogP contribution in [0.2, 0.25) is 0 Å². The van der Waals surface area contributed by atoms with Crippen molar-refractivity contribution in [2.24, 2.45) is 5.73 Å². The molecule has 1 amide bonds. The molecule has 0 radical (unpaired) electrons. The predicted molar refractivity (Wildman–Crippen MR) is 79.5 cm³/mol. The zero-order valence-corrected chi connectivity index (χ0v) is 11.4. The van der Waals surface area contributed by atoms with Crippen molar-refractivity contribution in [3.05, 3.63) is 59.2 Å². The molecule has 0 aliphatic heterocycles. The Labute approximate surface area is 118 Å². The largest absolute Gasteiger partial charge is 0.507 e. The molecule has 20 heavy (non-hydrogen) atoms. The molecule has 4 heteroatoms. The van der Waals surface area contributed by atoms with Crippen LogP contribution in [0.5, 0.6) is 5.75 Å². The maximum atomic E-state index is 10.8. The minimum atomic E-state index is -0.338. The standard InChI is InChI=1S/C16H18N2O2/c1-11-3-2-4-13(16(11)20)10-18-14-7-5-12(6-8-14)9-15(17)19/h2-8,18,20H,9-10H2,1H3,(H2,17,19). The van der Waals surface area contributed by atoms with E-state index in [9.17, 15) is 9.90 Å². The Morgan fingerprint density at radius 1 is 1.20 bits per heavy atom. The first kappa shape index (κ1) is 13.9. The summed E-state index contributed by atoms with van der Waals surface area (Å²) in [7, 11) is 0. The molecule has 4 N–H and O–H groups in total. The monoisotopic (exact) mass is 270 g/mol. The van der Waals surface area contributed by atoms with Crippen LogP contribution < -0.4 is 11.1 Å². The van der Waals surface area contributed by atoms with Gasteiger partial charge in [0.05, 0.1) is 6.42 Å². The Kier molecular flexibility index (Phi) is 4.25. The van der Waals surface area contributed by atoms with E-state index in [1.54, 1.807) is 0 Å². The molecule has 0 spiro atoms. The molecule has 104 valence electrons. The highest BCUT2D eigenvalue weighted by Gasteiger charge is 2.03. The van der Waals surface area contributed by atoms with Crippen molar-refractivity contribution < 1.29 is 9.90 Å². The van der Waals surface area contributed by atoms with Gasteiger partial charge in [0.1, 0.15) is 5.75 Å². The van der Waals surface area contributed by atoms with Gasteiger partial charge in [-0.1, -0.05) is 30.3 Å². The molecular weight excluding hydrogens is 252 g/mol. The number of rotatable bonds is 5. The number of anilines is 1. The summed E-state index contributed by atoms with van der Waals surface area (Å²) in [6.07, 6.45) is 0.249. The van der Waals surface area contributed by atoms with Gasteiger partial charge in [0.25, 0.3) is 0 Å². The molecule has 0 heterocycles. The van der Waals surface area contributed by atoms with Gasteiger partial charge in [-0.25, -0.2) is 0 Å². The zero-order valence-electron chi connectivity index (χ0n) is 11.4. The number of aromatic hydroxyl groups is 1. The van der Waals surface area contributed by atoms with E-state index < -0.39 is 0 Å². The van der Waals surface area contributed by atoms with Crippen LogP contribution >= 0.6 is 0 Å². The molecule has 0 saturated heterocycles. The Bertz CT molecular complexity index is 606. The van der Waals surface area contributed by atoms with Crippen molar-refractivity contribution in [2.45, 2.75) is 19.9 Å². The van der Waals surface area contributed by atoms with Gasteiger partial charge in [0.2, 0.25) is 5.91 Å². The summed E-state index contributed by atoms with van der Waals surface area (Å²) in [6.45, 7) is 2.42. The number of aryl methyl sites for hydroxylation is 1. The third-order valence-electron chi connectivity index (χ3n) is 3.14. The van der Waals surface area contributed by atoms with Crippen molar-refractivity contribution in [2.75, 3.05) is 5.32 Å². The second-order valence-electron chi connectivity index (χ2n) is 4.78. The molecule has 0 fully saturated rings. The Morgan fingerprint density at radius 2 is 1.90 bits per heavy atom. The number of para-hydroxylation sites is 1. The van der Waals surface area contributed by atoms with Gasteiger partial charge in [-0.3, -0.25) is 4.79 Å². The molecule has 2 aromatic rings.